The molecule has 0 heterocycles. The van der Waals surface area contributed by atoms with E-state index in [0.29, 0.717) is 24.2 Å². The molecule has 1 aliphatic rings. The maximum absolute atomic E-state index is 10.1. The molecular weight excluding hydrogens is 324 g/mol. The molecule has 3 aromatic carbocycles. The average Bonchev–Trinajstić information content (AvgIpc) is 2.99. The quantitative estimate of drug-likeness (QED) is 0.681. The summed E-state index contributed by atoms with van der Waals surface area (Å²) >= 11 is 0. The Morgan fingerprint density at radius 3 is 2.12 bits per heavy atom. The van der Waals surface area contributed by atoms with Gasteiger partial charge in [-0.15, -0.1) is 0 Å². The lowest BCUT2D eigenvalue weighted by molar-refractivity contribution is 0.231. The monoisotopic (exact) mass is 346 g/mol. The predicted molar refractivity (Wildman–Crippen MR) is 105 cm³/mol. The second-order valence-corrected chi connectivity index (χ2v) is 6.88. The molecule has 0 amide bonds. The van der Waals surface area contributed by atoms with Crippen LogP contribution in [-0.2, 0) is 0 Å². The van der Waals surface area contributed by atoms with Crippen LogP contribution in [0.15, 0.2) is 60.4 Å². The summed E-state index contributed by atoms with van der Waals surface area (Å²) in [5, 5.41) is 22.4. The second kappa shape index (κ2) is 6.50. The first-order chi connectivity index (χ1) is 12.6. The first-order valence-electron chi connectivity index (χ1n) is 8.86. The van der Waals surface area contributed by atoms with Crippen molar-refractivity contribution in [3.63, 3.8) is 0 Å². The highest BCUT2D eigenvalue weighted by Gasteiger charge is 2.24. The van der Waals surface area contributed by atoms with Crippen molar-refractivity contribution in [1.29, 1.82) is 0 Å². The van der Waals surface area contributed by atoms with E-state index in [4.69, 9.17) is 4.74 Å². The summed E-state index contributed by atoms with van der Waals surface area (Å²) in [5.41, 5.74) is 4.98. The summed E-state index contributed by atoms with van der Waals surface area (Å²) in [6.07, 6.45) is 0.563. The number of allylic oxidation sites excluding steroid dienone is 1. The van der Waals surface area contributed by atoms with Crippen molar-refractivity contribution in [2.24, 2.45) is 0 Å². The lowest BCUT2D eigenvalue weighted by Gasteiger charge is -2.11. The minimum atomic E-state index is -0.575. The molecule has 0 aromatic heterocycles. The van der Waals surface area contributed by atoms with Gasteiger partial charge in [0.2, 0.25) is 0 Å². The zero-order valence-corrected chi connectivity index (χ0v) is 15.0. The van der Waals surface area contributed by atoms with Gasteiger partial charge in [-0.3, -0.25) is 0 Å². The van der Waals surface area contributed by atoms with E-state index >= 15 is 0 Å². The van der Waals surface area contributed by atoms with E-state index in [1.165, 1.54) is 0 Å². The fourth-order valence-electron chi connectivity index (χ4n) is 3.75. The highest BCUT2D eigenvalue weighted by molar-refractivity contribution is 5.90. The molecule has 2 N–H and O–H groups in total. The van der Waals surface area contributed by atoms with Crippen molar-refractivity contribution in [3.05, 3.63) is 71.5 Å². The van der Waals surface area contributed by atoms with Gasteiger partial charge in [-0.05, 0) is 70.6 Å². The van der Waals surface area contributed by atoms with Crippen LogP contribution in [-0.4, -0.2) is 23.4 Å². The number of aliphatic hydroxyl groups is 2. The molecular formula is C23H22O3. The first kappa shape index (κ1) is 16.7. The first-order valence-corrected chi connectivity index (χ1v) is 8.86. The molecule has 4 rings (SSSR count). The Morgan fingerprint density at radius 2 is 1.50 bits per heavy atom. The molecule has 26 heavy (non-hydrogen) atoms. The largest absolute Gasteiger partial charge is 0.512 e. The van der Waals surface area contributed by atoms with E-state index in [1.807, 2.05) is 25.1 Å². The number of methoxy groups -OCH3 is 1. The van der Waals surface area contributed by atoms with E-state index in [0.717, 1.165) is 38.8 Å². The molecule has 1 aliphatic carbocycles. The van der Waals surface area contributed by atoms with Crippen LogP contribution in [0.1, 0.15) is 24.0 Å². The number of ether oxygens (including phenoxy) is 1. The van der Waals surface area contributed by atoms with Crippen LogP contribution in [0.4, 0.5) is 0 Å². The summed E-state index contributed by atoms with van der Waals surface area (Å²) in [6.45, 7) is 2.04. The number of hydrogen-bond acceptors (Lipinski definition) is 3. The highest BCUT2D eigenvalue weighted by Crippen LogP contribution is 2.35. The molecule has 1 unspecified atom stereocenters. The van der Waals surface area contributed by atoms with Crippen molar-refractivity contribution in [3.8, 4) is 16.9 Å². The van der Waals surface area contributed by atoms with E-state index in [9.17, 15) is 10.2 Å². The highest BCUT2D eigenvalue weighted by atomic mass is 16.5. The van der Waals surface area contributed by atoms with Gasteiger partial charge < -0.3 is 14.9 Å². The van der Waals surface area contributed by atoms with Gasteiger partial charge in [0.15, 0.2) is 0 Å². The van der Waals surface area contributed by atoms with Gasteiger partial charge >= 0.3 is 0 Å². The van der Waals surface area contributed by atoms with Gasteiger partial charge in [0.25, 0.3) is 0 Å². The lowest BCUT2D eigenvalue weighted by atomic mass is 9.96. The Balaban J connectivity index is 1.74. The minimum absolute atomic E-state index is 0.308. The number of aryl methyl sites for hydroxylation is 1. The Labute approximate surface area is 153 Å². The molecule has 0 saturated heterocycles. The minimum Gasteiger partial charge on any atom is -0.512 e. The summed E-state index contributed by atoms with van der Waals surface area (Å²) < 4.78 is 5.34. The molecule has 0 radical (unpaired) electrons. The number of aliphatic hydroxyl groups excluding tert-OH is 2. The zero-order chi connectivity index (χ0) is 18.3. The van der Waals surface area contributed by atoms with Gasteiger partial charge in [0.05, 0.1) is 19.0 Å². The van der Waals surface area contributed by atoms with Crippen LogP contribution in [0.5, 0.6) is 5.75 Å². The topological polar surface area (TPSA) is 49.7 Å². The molecule has 0 saturated carbocycles. The molecule has 0 bridgehead atoms. The Hall–Kier alpha value is -2.78. The van der Waals surface area contributed by atoms with Crippen LogP contribution in [0.2, 0.25) is 0 Å². The van der Waals surface area contributed by atoms with Crippen molar-refractivity contribution in [2.45, 2.75) is 25.9 Å². The third-order valence-corrected chi connectivity index (χ3v) is 5.18. The third kappa shape index (κ3) is 2.85. The van der Waals surface area contributed by atoms with Gasteiger partial charge in [0.1, 0.15) is 5.75 Å². The molecule has 0 fully saturated rings. The van der Waals surface area contributed by atoms with Gasteiger partial charge in [-0.1, -0.05) is 30.3 Å². The van der Waals surface area contributed by atoms with E-state index in [-0.39, 0.29) is 0 Å². The lowest BCUT2D eigenvalue weighted by Crippen LogP contribution is -2.04. The number of rotatable bonds is 3. The number of fused-ring (bicyclic) bond motifs is 1. The summed E-state index contributed by atoms with van der Waals surface area (Å²) in [4.78, 5) is 0. The van der Waals surface area contributed by atoms with Crippen molar-refractivity contribution in [2.75, 3.05) is 7.11 Å². The van der Waals surface area contributed by atoms with E-state index in [2.05, 4.69) is 36.4 Å². The van der Waals surface area contributed by atoms with Gasteiger partial charge in [-0.25, -0.2) is 0 Å². The standard InChI is InChI=1S/C23H22O3/c1-14-11-15(7-10-22(14)26-2)16-3-4-18-13-19(6-5-17(18)12-16)23-20(24)8-9-21(23)25/h3-7,10-13,20,24-25H,8-9H2,1-2H3. The molecule has 0 aliphatic heterocycles. The zero-order valence-electron chi connectivity index (χ0n) is 15.0. The van der Waals surface area contributed by atoms with Crippen LogP contribution in [0, 0.1) is 6.92 Å². The summed E-state index contributed by atoms with van der Waals surface area (Å²) in [6, 6.07) is 18.6. The normalized spacial score (nSPS) is 17.1. The van der Waals surface area contributed by atoms with E-state index < -0.39 is 6.10 Å². The maximum Gasteiger partial charge on any atom is 0.121 e. The molecule has 3 aromatic rings. The number of hydrogen-bond donors (Lipinski definition) is 2. The SMILES string of the molecule is COc1ccc(-c2ccc3cc(C4=C(O)CCC4O)ccc3c2)cc1C. The fraction of sp³-hybridized carbons (Fsp3) is 0.217. The van der Waals surface area contributed by atoms with Crippen LogP contribution < -0.4 is 4.74 Å². The third-order valence-electron chi connectivity index (χ3n) is 5.18. The molecule has 1 atom stereocenters. The van der Waals surface area contributed by atoms with Crippen LogP contribution in [0.25, 0.3) is 27.5 Å². The Bertz CT molecular complexity index is 1020. The number of benzene rings is 3. The molecule has 3 nitrogen and oxygen atoms in total. The Morgan fingerprint density at radius 1 is 0.885 bits per heavy atom. The smallest absolute Gasteiger partial charge is 0.121 e. The summed E-state index contributed by atoms with van der Waals surface area (Å²) in [7, 11) is 1.68. The molecule has 0 spiro atoms. The second-order valence-electron chi connectivity index (χ2n) is 6.88. The van der Waals surface area contributed by atoms with Crippen LogP contribution >= 0.6 is 0 Å². The fourth-order valence-corrected chi connectivity index (χ4v) is 3.75. The van der Waals surface area contributed by atoms with Crippen molar-refractivity contribution >= 4 is 16.3 Å². The van der Waals surface area contributed by atoms with Crippen molar-refractivity contribution in [1.82, 2.24) is 0 Å². The predicted octanol–water partition coefficient (Wildman–Crippen LogP) is 5.25. The maximum atomic E-state index is 10.1. The van der Waals surface area contributed by atoms with Crippen LogP contribution in [0.3, 0.4) is 0 Å². The molecule has 132 valence electrons. The average molecular weight is 346 g/mol. The summed E-state index contributed by atoms with van der Waals surface area (Å²) in [5.74, 6) is 1.20. The Kier molecular flexibility index (Phi) is 4.17. The van der Waals surface area contributed by atoms with E-state index in [1.54, 1.807) is 7.11 Å². The molecule has 3 heteroatoms. The van der Waals surface area contributed by atoms with Gasteiger partial charge in [-0.2, -0.15) is 0 Å². The van der Waals surface area contributed by atoms with Gasteiger partial charge in [0, 0.05) is 12.0 Å². The van der Waals surface area contributed by atoms with Crippen molar-refractivity contribution < 1.29 is 14.9 Å².